The summed E-state index contributed by atoms with van der Waals surface area (Å²) in [5.41, 5.74) is 3.13. The van der Waals surface area contributed by atoms with Crippen LogP contribution in [0.5, 0.6) is 0 Å². The van der Waals surface area contributed by atoms with Crippen molar-refractivity contribution in [2.75, 3.05) is 12.5 Å². The standard InChI is InChI=1S/C21H18BrFN2O4/c1-29-18(27)11-17(26)20(21(28)13-7-9-14(22)10-8-13)25-24-19-15(12-5-6-12)3-2-4-16(19)23/h2-4,7-10,12,24H,5-6,11H2,1H3/b25-20+. The Hall–Kier alpha value is -2.87. The summed E-state index contributed by atoms with van der Waals surface area (Å²) in [6.45, 7) is 0. The molecule has 0 saturated heterocycles. The molecule has 0 spiro atoms. The summed E-state index contributed by atoms with van der Waals surface area (Å²) in [4.78, 5) is 36.9. The largest absolute Gasteiger partial charge is 0.469 e. The van der Waals surface area contributed by atoms with E-state index < -0.39 is 35.5 Å². The average Bonchev–Trinajstić information content (AvgIpc) is 3.54. The minimum atomic E-state index is -0.818. The van der Waals surface area contributed by atoms with Gasteiger partial charge in [-0.3, -0.25) is 19.8 Å². The van der Waals surface area contributed by atoms with Gasteiger partial charge in [-0.05, 0) is 54.7 Å². The number of nitrogens with one attached hydrogen (secondary N) is 1. The highest BCUT2D eigenvalue weighted by atomic mass is 79.9. The third kappa shape index (κ3) is 5.14. The summed E-state index contributed by atoms with van der Waals surface area (Å²) in [6.07, 6.45) is 1.23. The van der Waals surface area contributed by atoms with Crippen LogP contribution in [0.4, 0.5) is 10.1 Å². The van der Waals surface area contributed by atoms with Crippen LogP contribution in [0.15, 0.2) is 52.0 Å². The maximum Gasteiger partial charge on any atom is 0.313 e. The van der Waals surface area contributed by atoms with Gasteiger partial charge in [-0.15, -0.1) is 0 Å². The van der Waals surface area contributed by atoms with Crippen molar-refractivity contribution in [2.45, 2.75) is 25.2 Å². The van der Waals surface area contributed by atoms with Crippen LogP contribution in [0.3, 0.4) is 0 Å². The molecule has 3 rings (SSSR count). The number of benzene rings is 2. The average molecular weight is 461 g/mol. The third-order valence-corrected chi connectivity index (χ3v) is 4.99. The molecule has 0 bridgehead atoms. The molecule has 150 valence electrons. The Morgan fingerprint density at radius 1 is 1.17 bits per heavy atom. The molecule has 0 atom stereocenters. The number of hydrogen-bond acceptors (Lipinski definition) is 6. The van der Waals surface area contributed by atoms with E-state index in [1.54, 1.807) is 24.3 Å². The zero-order chi connectivity index (χ0) is 21.0. The molecule has 0 amide bonds. The van der Waals surface area contributed by atoms with Gasteiger partial charge in [0.25, 0.3) is 0 Å². The van der Waals surface area contributed by atoms with E-state index in [2.05, 4.69) is 31.2 Å². The summed E-state index contributed by atoms with van der Waals surface area (Å²) in [5.74, 6) is -2.60. The molecule has 8 heteroatoms. The molecule has 0 unspecified atom stereocenters. The van der Waals surface area contributed by atoms with Crippen molar-refractivity contribution < 1.29 is 23.5 Å². The van der Waals surface area contributed by atoms with E-state index >= 15 is 0 Å². The van der Waals surface area contributed by atoms with Crippen molar-refractivity contribution in [1.29, 1.82) is 0 Å². The minimum Gasteiger partial charge on any atom is -0.469 e. The quantitative estimate of drug-likeness (QED) is 0.209. The number of halogens is 2. The van der Waals surface area contributed by atoms with E-state index in [9.17, 15) is 18.8 Å². The number of hydrogen-bond donors (Lipinski definition) is 1. The highest BCUT2D eigenvalue weighted by Gasteiger charge is 2.28. The summed E-state index contributed by atoms with van der Waals surface area (Å²) in [5, 5.41) is 3.92. The molecule has 0 heterocycles. The highest BCUT2D eigenvalue weighted by molar-refractivity contribution is 9.10. The van der Waals surface area contributed by atoms with Gasteiger partial charge < -0.3 is 4.74 Å². The van der Waals surface area contributed by atoms with E-state index in [1.165, 1.54) is 18.2 Å². The number of carbonyl (C=O) groups excluding carboxylic acids is 3. The number of methoxy groups -OCH3 is 1. The molecule has 0 radical (unpaired) electrons. The van der Waals surface area contributed by atoms with Gasteiger partial charge in [0.2, 0.25) is 5.78 Å². The molecule has 1 fully saturated rings. The number of rotatable bonds is 8. The summed E-state index contributed by atoms with van der Waals surface area (Å²) in [6, 6.07) is 11.0. The zero-order valence-corrected chi connectivity index (χ0v) is 17.2. The van der Waals surface area contributed by atoms with Crippen molar-refractivity contribution in [3.05, 3.63) is 63.9 Å². The van der Waals surface area contributed by atoms with E-state index in [-0.39, 0.29) is 17.2 Å². The van der Waals surface area contributed by atoms with Crippen molar-refractivity contribution in [3.8, 4) is 0 Å². The summed E-state index contributed by atoms with van der Waals surface area (Å²) in [7, 11) is 1.14. The smallest absolute Gasteiger partial charge is 0.313 e. The van der Waals surface area contributed by atoms with Crippen LogP contribution in [0.2, 0.25) is 0 Å². The Morgan fingerprint density at radius 3 is 2.48 bits per heavy atom. The predicted molar refractivity (Wildman–Crippen MR) is 110 cm³/mol. The molecule has 2 aromatic carbocycles. The van der Waals surface area contributed by atoms with Gasteiger partial charge in [-0.25, -0.2) is 4.39 Å². The van der Waals surface area contributed by atoms with Crippen LogP contribution in [0, 0.1) is 5.82 Å². The third-order valence-electron chi connectivity index (χ3n) is 4.46. The van der Waals surface area contributed by atoms with Crippen molar-refractivity contribution in [3.63, 3.8) is 0 Å². The maximum atomic E-state index is 14.3. The highest BCUT2D eigenvalue weighted by Crippen LogP contribution is 2.44. The molecular weight excluding hydrogens is 443 g/mol. The fourth-order valence-corrected chi connectivity index (χ4v) is 3.03. The number of ether oxygens (including phenoxy) is 1. The van der Waals surface area contributed by atoms with E-state index in [4.69, 9.17) is 0 Å². The van der Waals surface area contributed by atoms with Gasteiger partial charge in [0.1, 0.15) is 12.2 Å². The van der Waals surface area contributed by atoms with Crippen molar-refractivity contribution in [2.24, 2.45) is 5.10 Å². The SMILES string of the molecule is COC(=O)CC(=O)/C(=N\Nc1c(F)cccc1C1CC1)C(=O)c1ccc(Br)cc1. The molecular formula is C21H18BrFN2O4. The number of ketones is 2. The minimum absolute atomic E-state index is 0.127. The summed E-state index contributed by atoms with van der Waals surface area (Å²) < 4.78 is 19.6. The lowest BCUT2D eigenvalue weighted by Gasteiger charge is -2.11. The topological polar surface area (TPSA) is 84.8 Å². The predicted octanol–water partition coefficient (Wildman–Crippen LogP) is 4.25. The molecule has 1 N–H and O–H groups in total. The maximum absolute atomic E-state index is 14.3. The summed E-state index contributed by atoms with van der Waals surface area (Å²) >= 11 is 3.28. The van der Waals surface area contributed by atoms with Crippen LogP contribution in [0.1, 0.15) is 41.1 Å². The van der Waals surface area contributed by atoms with Crippen molar-refractivity contribution in [1.82, 2.24) is 0 Å². The molecule has 2 aromatic rings. The number of nitrogens with zero attached hydrogens (tertiary/aromatic N) is 1. The van der Waals surface area contributed by atoms with Crippen LogP contribution in [0.25, 0.3) is 0 Å². The Bertz CT molecular complexity index is 985. The molecule has 1 aliphatic carbocycles. The molecule has 1 saturated carbocycles. The molecule has 6 nitrogen and oxygen atoms in total. The molecule has 29 heavy (non-hydrogen) atoms. The Labute approximate surface area is 175 Å². The van der Waals surface area contributed by atoms with Gasteiger partial charge >= 0.3 is 5.97 Å². The number of esters is 1. The van der Waals surface area contributed by atoms with Gasteiger partial charge in [0.05, 0.1) is 12.8 Å². The zero-order valence-electron chi connectivity index (χ0n) is 15.6. The van der Waals surface area contributed by atoms with Gasteiger partial charge in [0.15, 0.2) is 11.5 Å². The van der Waals surface area contributed by atoms with Crippen LogP contribution in [-0.2, 0) is 14.3 Å². The van der Waals surface area contributed by atoms with Crippen molar-refractivity contribution >= 4 is 44.9 Å². The second kappa shape index (κ2) is 9.09. The number of para-hydroxylation sites is 1. The fourth-order valence-electron chi connectivity index (χ4n) is 2.77. The fraction of sp³-hybridized carbons (Fsp3) is 0.238. The normalized spacial score (nSPS) is 13.7. The van der Waals surface area contributed by atoms with Crippen LogP contribution >= 0.6 is 15.9 Å². The van der Waals surface area contributed by atoms with Gasteiger partial charge in [-0.1, -0.05) is 28.1 Å². The lowest BCUT2D eigenvalue weighted by Crippen LogP contribution is -2.28. The first-order valence-electron chi connectivity index (χ1n) is 8.93. The molecule has 0 aromatic heterocycles. The van der Waals surface area contributed by atoms with Crippen LogP contribution in [-0.4, -0.2) is 30.4 Å². The Morgan fingerprint density at radius 2 is 1.86 bits per heavy atom. The molecule has 1 aliphatic rings. The first kappa shape index (κ1) is 20.9. The van der Waals surface area contributed by atoms with E-state index in [0.29, 0.717) is 0 Å². The Balaban J connectivity index is 1.94. The monoisotopic (exact) mass is 460 g/mol. The number of hydrazone groups is 1. The van der Waals surface area contributed by atoms with E-state index in [1.807, 2.05) is 0 Å². The lowest BCUT2D eigenvalue weighted by molar-refractivity contribution is -0.142. The molecule has 0 aliphatic heterocycles. The number of anilines is 1. The van der Waals surface area contributed by atoms with Gasteiger partial charge in [0, 0.05) is 10.0 Å². The first-order valence-corrected chi connectivity index (χ1v) is 9.72. The second-order valence-electron chi connectivity index (χ2n) is 6.56. The Kier molecular flexibility index (Phi) is 6.53. The number of Topliss-reactive ketones (excluding diaryl/α,β-unsaturated/α-hetero) is 2. The van der Waals surface area contributed by atoms with Crippen LogP contribution < -0.4 is 5.43 Å². The van der Waals surface area contributed by atoms with E-state index in [0.717, 1.165) is 30.0 Å². The number of carbonyl (C=O) groups is 3. The first-order chi connectivity index (χ1) is 13.9. The second-order valence-corrected chi connectivity index (χ2v) is 7.48. The lowest BCUT2D eigenvalue weighted by atomic mass is 10.0. The van der Waals surface area contributed by atoms with Gasteiger partial charge in [-0.2, -0.15) is 5.10 Å².